The molecule has 0 atom stereocenters. The molecule has 0 saturated heterocycles. The molecule has 2 heterocycles. The predicted molar refractivity (Wildman–Crippen MR) is 63.4 cm³/mol. The molecular weight excluding hydrogens is 218 g/mol. The molecule has 90 valence electrons. The second-order valence-corrected chi connectivity index (χ2v) is 3.68. The smallest absolute Gasteiger partial charge is 0.221 e. The van der Waals surface area contributed by atoms with Crippen LogP contribution in [0.15, 0.2) is 24.4 Å². The molecule has 6 nitrogen and oxygen atoms in total. The van der Waals surface area contributed by atoms with Crippen LogP contribution in [0.3, 0.4) is 0 Å². The maximum absolute atomic E-state index is 11.4. The van der Waals surface area contributed by atoms with Crippen molar-refractivity contribution in [3.8, 4) is 0 Å². The normalized spacial score (nSPS) is 10.6. The number of fused-ring (bicyclic) bond motifs is 1. The lowest BCUT2D eigenvalue weighted by Crippen LogP contribution is -2.26. The van der Waals surface area contributed by atoms with E-state index >= 15 is 0 Å². The van der Waals surface area contributed by atoms with Gasteiger partial charge in [0.2, 0.25) is 5.91 Å². The van der Waals surface area contributed by atoms with Crippen LogP contribution in [0, 0.1) is 0 Å². The van der Waals surface area contributed by atoms with E-state index in [1.807, 2.05) is 35.8 Å². The maximum atomic E-state index is 11.4. The zero-order valence-electron chi connectivity index (χ0n) is 9.68. The van der Waals surface area contributed by atoms with Crippen molar-refractivity contribution < 1.29 is 4.79 Å². The monoisotopic (exact) mass is 233 g/mol. The van der Waals surface area contributed by atoms with Gasteiger partial charge in [0.05, 0.1) is 6.54 Å². The Kier molecular flexibility index (Phi) is 3.66. The molecule has 0 unspecified atom stereocenters. The van der Waals surface area contributed by atoms with E-state index in [1.54, 1.807) is 0 Å². The van der Waals surface area contributed by atoms with Crippen LogP contribution in [0.1, 0.15) is 12.2 Å². The molecular formula is C11H15N5O. The predicted octanol–water partition coefficient (Wildman–Crippen LogP) is -0.0450. The van der Waals surface area contributed by atoms with Crippen LogP contribution >= 0.6 is 0 Å². The number of carbonyl (C=O) groups is 1. The zero-order valence-corrected chi connectivity index (χ0v) is 9.68. The number of hydrogen-bond donors (Lipinski definition) is 2. The summed E-state index contributed by atoms with van der Waals surface area (Å²) < 4.78 is 1.86. The number of rotatable bonds is 5. The molecule has 0 aliphatic heterocycles. The highest BCUT2D eigenvalue weighted by atomic mass is 16.1. The number of carbonyl (C=O) groups excluding carboxylic acids is 1. The third kappa shape index (κ3) is 2.79. The van der Waals surface area contributed by atoms with Gasteiger partial charge in [-0.25, -0.2) is 0 Å². The van der Waals surface area contributed by atoms with Crippen molar-refractivity contribution in [3.63, 3.8) is 0 Å². The molecule has 0 aliphatic carbocycles. The fourth-order valence-corrected chi connectivity index (χ4v) is 1.52. The summed E-state index contributed by atoms with van der Waals surface area (Å²) in [6.45, 7) is 1.07. The Bertz CT molecular complexity index is 507. The first-order valence-electron chi connectivity index (χ1n) is 5.51. The van der Waals surface area contributed by atoms with Crippen molar-refractivity contribution in [2.24, 2.45) is 0 Å². The molecule has 17 heavy (non-hydrogen) atoms. The number of pyridine rings is 1. The van der Waals surface area contributed by atoms with Crippen molar-refractivity contribution in [2.45, 2.75) is 13.0 Å². The number of hydrogen-bond acceptors (Lipinski definition) is 4. The van der Waals surface area contributed by atoms with Crippen LogP contribution in [0.2, 0.25) is 0 Å². The lowest BCUT2D eigenvalue weighted by atomic mass is 10.4. The molecule has 0 radical (unpaired) electrons. The molecule has 0 fully saturated rings. The SMILES string of the molecule is CNCCC(=O)NCc1nnc2ccccn12. The van der Waals surface area contributed by atoms with Crippen LogP contribution in [0.4, 0.5) is 0 Å². The Labute approximate surface area is 99.0 Å². The highest BCUT2D eigenvalue weighted by Gasteiger charge is 2.06. The van der Waals surface area contributed by atoms with Crippen molar-refractivity contribution in [1.82, 2.24) is 25.2 Å². The van der Waals surface area contributed by atoms with Crippen LogP contribution in [0.5, 0.6) is 0 Å². The van der Waals surface area contributed by atoms with E-state index in [9.17, 15) is 4.79 Å². The summed E-state index contributed by atoms with van der Waals surface area (Å²) >= 11 is 0. The van der Waals surface area contributed by atoms with E-state index in [1.165, 1.54) is 0 Å². The molecule has 0 spiro atoms. The average molecular weight is 233 g/mol. The first kappa shape index (κ1) is 11.5. The number of aromatic nitrogens is 3. The van der Waals surface area contributed by atoms with E-state index in [-0.39, 0.29) is 5.91 Å². The minimum Gasteiger partial charge on any atom is -0.349 e. The van der Waals surface area contributed by atoms with Gasteiger partial charge in [0.15, 0.2) is 11.5 Å². The summed E-state index contributed by atoms with van der Waals surface area (Å²) in [5.74, 6) is 0.741. The first-order chi connectivity index (χ1) is 8.31. The second-order valence-electron chi connectivity index (χ2n) is 3.68. The molecule has 2 N–H and O–H groups in total. The van der Waals surface area contributed by atoms with E-state index in [4.69, 9.17) is 0 Å². The van der Waals surface area contributed by atoms with Crippen molar-refractivity contribution >= 4 is 11.6 Å². The molecule has 2 aromatic rings. The van der Waals surface area contributed by atoms with E-state index in [2.05, 4.69) is 20.8 Å². The van der Waals surface area contributed by atoms with Gasteiger partial charge in [-0.05, 0) is 19.2 Å². The summed E-state index contributed by atoms with van der Waals surface area (Å²) in [6, 6.07) is 5.68. The summed E-state index contributed by atoms with van der Waals surface area (Å²) in [6.07, 6.45) is 2.34. The van der Waals surface area contributed by atoms with Crippen molar-refractivity contribution in [2.75, 3.05) is 13.6 Å². The molecule has 1 amide bonds. The van der Waals surface area contributed by atoms with Gasteiger partial charge in [0.1, 0.15) is 0 Å². The molecule has 0 aliphatic rings. The lowest BCUT2D eigenvalue weighted by Gasteiger charge is -2.03. The van der Waals surface area contributed by atoms with Crippen LogP contribution in [0.25, 0.3) is 5.65 Å². The molecule has 2 aromatic heterocycles. The Morgan fingerprint density at radius 3 is 3.12 bits per heavy atom. The summed E-state index contributed by atoms with van der Waals surface area (Å²) in [4.78, 5) is 11.4. The quantitative estimate of drug-likeness (QED) is 0.760. The molecule has 0 bridgehead atoms. The minimum atomic E-state index is 0.00651. The Balaban J connectivity index is 1.97. The highest BCUT2D eigenvalue weighted by molar-refractivity contribution is 5.75. The fraction of sp³-hybridized carbons (Fsp3) is 0.364. The Morgan fingerprint density at radius 1 is 1.41 bits per heavy atom. The molecule has 6 heteroatoms. The van der Waals surface area contributed by atoms with Gasteiger partial charge in [0, 0.05) is 19.2 Å². The van der Waals surface area contributed by atoms with Gasteiger partial charge in [0.25, 0.3) is 0 Å². The Morgan fingerprint density at radius 2 is 2.29 bits per heavy atom. The second kappa shape index (κ2) is 5.40. The minimum absolute atomic E-state index is 0.00651. The maximum Gasteiger partial charge on any atom is 0.221 e. The van der Waals surface area contributed by atoms with Gasteiger partial charge in [-0.2, -0.15) is 0 Å². The topological polar surface area (TPSA) is 71.3 Å². The van der Waals surface area contributed by atoms with E-state index in [0.29, 0.717) is 19.5 Å². The van der Waals surface area contributed by atoms with Crippen molar-refractivity contribution in [3.05, 3.63) is 30.2 Å². The van der Waals surface area contributed by atoms with Crippen LogP contribution < -0.4 is 10.6 Å². The van der Waals surface area contributed by atoms with Gasteiger partial charge in [-0.1, -0.05) is 6.07 Å². The van der Waals surface area contributed by atoms with Gasteiger partial charge in [-0.15, -0.1) is 10.2 Å². The standard InChI is InChI=1S/C11H15N5O/c1-12-6-5-11(17)13-8-10-15-14-9-4-2-3-7-16(9)10/h2-4,7,12H,5-6,8H2,1H3,(H,13,17). The largest absolute Gasteiger partial charge is 0.349 e. The van der Waals surface area contributed by atoms with Gasteiger partial charge in [-0.3, -0.25) is 9.20 Å². The summed E-state index contributed by atoms with van der Waals surface area (Å²) in [5.41, 5.74) is 0.784. The third-order valence-electron chi connectivity index (χ3n) is 2.43. The molecule has 0 saturated carbocycles. The van der Waals surface area contributed by atoms with Crippen LogP contribution in [-0.2, 0) is 11.3 Å². The average Bonchev–Trinajstić information content (AvgIpc) is 2.77. The van der Waals surface area contributed by atoms with Crippen molar-refractivity contribution in [1.29, 1.82) is 0 Å². The lowest BCUT2D eigenvalue weighted by molar-refractivity contribution is -0.121. The zero-order chi connectivity index (χ0) is 12.1. The van der Waals surface area contributed by atoms with Gasteiger partial charge >= 0.3 is 0 Å². The molecule has 2 rings (SSSR count). The van der Waals surface area contributed by atoms with Gasteiger partial charge < -0.3 is 10.6 Å². The Hall–Kier alpha value is -1.95. The fourth-order valence-electron chi connectivity index (χ4n) is 1.52. The van der Waals surface area contributed by atoms with E-state index < -0.39 is 0 Å². The third-order valence-corrected chi connectivity index (χ3v) is 2.43. The summed E-state index contributed by atoms with van der Waals surface area (Å²) in [5, 5.41) is 13.8. The van der Waals surface area contributed by atoms with E-state index in [0.717, 1.165) is 11.5 Å². The molecule has 0 aromatic carbocycles. The summed E-state index contributed by atoms with van der Waals surface area (Å²) in [7, 11) is 1.82. The number of nitrogens with one attached hydrogen (secondary N) is 2. The van der Waals surface area contributed by atoms with Crippen LogP contribution in [-0.4, -0.2) is 34.1 Å². The highest BCUT2D eigenvalue weighted by Crippen LogP contribution is 2.02. The number of nitrogens with zero attached hydrogens (tertiary/aromatic N) is 3. The first-order valence-corrected chi connectivity index (χ1v) is 5.51. The number of amides is 1.